The number of carbonyl (C=O) groups is 2. The molecule has 2 aromatic rings. The Kier molecular flexibility index (Phi) is 3.99. The third kappa shape index (κ3) is 3.12. The minimum Gasteiger partial charge on any atom is -0.481 e. The molecule has 0 unspecified atom stereocenters. The highest BCUT2D eigenvalue weighted by Gasteiger charge is 2.16. The van der Waals surface area contributed by atoms with Crippen molar-refractivity contribution in [1.82, 2.24) is 15.0 Å². The van der Waals surface area contributed by atoms with Crippen LogP contribution in [-0.4, -0.2) is 32.0 Å². The molecule has 7 nitrogen and oxygen atoms in total. The smallest absolute Gasteiger partial charge is 0.309 e. The lowest BCUT2D eigenvalue weighted by Crippen LogP contribution is -2.10. The van der Waals surface area contributed by atoms with Gasteiger partial charge in [-0.1, -0.05) is 22.9 Å². The topological polar surface area (TPSA) is 97.1 Å². The molecule has 1 aromatic heterocycles. The highest BCUT2D eigenvalue weighted by atomic mass is 35.5. The third-order valence-electron chi connectivity index (χ3n) is 2.45. The minimum absolute atomic E-state index is 0.0392. The van der Waals surface area contributed by atoms with Gasteiger partial charge in [0.1, 0.15) is 0 Å². The number of hydrogen-bond donors (Lipinski definition) is 2. The largest absolute Gasteiger partial charge is 0.481 e. The van der Waals surface area contributed by atoms with E-state index >= 15 is 0 Å². The molecule has 0 atom stereocenters. The van der Waals surface area contributed by atoms with Crippen LogP contribution in [0.2, 0.25) is 5.15 Å². The Balaban J connectivity index is 2.41. The summed E-state index contributed by atoms with van der Waals surface area (Å²) in [6.45, 7) is 1.40. The van der Waals surface area contributed by atoms with Crippen LogP contribution < -0.4 is 5.32 Å². The van der Waals surface area contributed by atoms with Crippen LogP contribution in [0.4, 0.5) is 5.69 Å². The van der Waals surface area contributed by atoms with Gasteiger partial charge in [0, 0.05) is 12.6 Å². The molecule has 8 heteroatoms. The van der Waals surface area contributed by atoms with Crippen molar-refractivity contribution in [1.29, 1.82) is 0 Å². The molecule has 2 rings (SSSR count). The maximum atomic E-state index is 11.0. The first kappa shape index (κ1) is 14.0. The fraction of sp³-hybridized carbons (Fsp3) is 0.167. The first-order valence-corrected chi connectivity index (χ1v) is 6.05. The molecule has 0 bridgehead atoms. The minimum atomic E-state index is -1.03. The molecule has 1 amide bonds. The predicted octanol–water partition coefficient (Wildman–Crippen LogP) is 1.51. The van der Waals surface area contributed by atoms with Crippen LogP contribution in [0.3, 0.4) is 0 Å². The lowest BCUT2D eigenvalue weighted by Gasteiger charge is -2.07. The van der Waals surface area contributed by atoms with Crippen LogP contribution in [-0.2, 0) is 16.0 Å². The maximum absolute atomic E-state index is 11.0. The van der Waals surface area contributed by atoms with Gasteiger partial charge in [-0.2, -0.15) is 0 Å². The van der Waals surface area contributed by atoms with Crippen molar-refractivity contribution in [3.8, 4) is 5.69 Å². The van der Waals surface area contributed by atoms with E-state index in [1.54, 1.807) is 24.3 Å². The van der Waals surface area contributed by atoms with Gasteiger partial charge in [-0.3, -0.25) is 9.59 Å². The van der Waals surface area contributed by atoms with E-state index in [1.165, 1.54) is 11.6 Å². The Morgan fingerprint density at radius 3 is 2.85 bits per heavy atom. The number of benzene rings is 1. The number of halogens is 1. The molecular formula is C12H11ClN4O3. The van der Waals surface area contributed by atoms with Crippen molar-refractivity contribution in [3.05, 3.63) is 35.1 Å². The van der Waals surface area contributed by atoms with E-state index in [9.17, 15) is 9.59 Å². The van der Waals surface area contributed by atoms with Crippen molar-refractivity contribution >= 4 is 29.2 Å². The second-order valence-electron chi connectivity index (χ2n) is 4.04. The van der Waals surface area contributed by atoms with Gasteiger partial charge in [0.2, 0.25) is 5.91 Å². The molecule has 1 heterocycles. The number of aliphatic carboxylic acids is 1. The number of nitrogens with zero attached hydrogens (tertiary/aromatic N) is 3. The summed E-state index contributed by atoms with van der Waals surface area (Å²) in [5, 5.41) is 19.0. The van der Waals surface area contributed by atoms with Gasteiger partial charge in [-0.25, -0.2) is 4.68 Å². The summed E-state index contributed by atoms with van der Waals surface area (Å²) in [4.78, 5) is 21.9. The number of carbonyl (C=O) groups excluding carboxylic acids is 1. The van der Waals surface area contributed by atoms with Gasteiger partial charge < -0.3 is 10.4 Å². The van der Waals surface area contributed by atoms with Gasteiger partial charge in [-0.05, 0) is 18.2 Å². The first-order chi connectivity index (χ1) is 9.47. The van der Waals surface area contributed by atoms with Crippen LogP contribution in [0.25, 0.3) is 5.69 Å². The van der Waals surface area contributed by atoms with Crippen molar-refractivity contribution < 1.29 is 14.7 Å². The second kappa shape index (κ2) is 5.70. The van der Waals surface area contributed by atoms with E-state index in [0.717, 1.165) is 0 Å². The van der Waals surface area contributed by atoms with Crippen molar-refractivity contribution in [2.75, 3.05) is 5.32 Å². The van der Waals surface area contributed by atoms with Crippen LogP contribution in [0, 0.1) is 0 Å². The summed E-state index contributed by atoms with van der Waals surface area (Å²) in [7, 11) is 0. The van der Waals surface area contributed by atoms with Gasteiger partial charge >= 0.3 is 5.97 Å². The average molecular weight is 295 g/mol. The zero-order valence-electron chi connectivity index (χ0n) is 10.5. The average Bonchev–Trinajstić information content (AvgIpc) is 2.70. The molecular weight excluding hydrogens is 284 g/mol. The third-order valence-corrected chi connectivity index (χ3v) is 2.74. The number of anilines is 1. The van der Waals surface area contributed by atoms with Crippen LogP contribution >= 0.6 is 11.6 Å². The molecule has 0 fully saturated rings. The monoisotopic (exact) mass is 294 g/mol. The molecule has 0 saturated carbocycles. The molecule has 0 radical (unpaired) electrons. The summed E-state index contributed by atoms with van der Waals surface area (Å²) in [6, 6.07) is 6.78. The zero-order chi connectivity index (χ0) is 14.7. The summed E-state index contributed by atoms with van der Waals surface area (Å²) in [5.41, 5.74) is 1.41. The van der Waals surface area contributed by atoms with E-state index in [0.29, 0.717) is 11.4 Å². The lowest BCUT2D eigenvalue weighted by atomic mass is 10.2. The maximum Gasteiger partial charge on any atom is 0.309 e. The predicted molar refractivity (Wildman–Crippen MR) is 72.0 cm³/mol. The molecule has 0 saturated heterocycles. The molecule has 0 aliphatic heterocycles. The number of hydrogen-bond acceptors (Lipinski definition) is 4. The molecule has 104 valence electrons. The Hall–Kier alpha value is -2.41. The van der Waals surface area contributed by atoms with Crippen molar-refractivity contribution in [2.24, 2.45) is 0 Å². The van der Waals surface area contributed by atoms with E-state index in [4.69, 9.17) is 16.7 Å². The molecule has 0 aliphatic rings. The highest BCUT2D eigenvalue weighted by Crippen LogP contribution is 2.20. The van der Waals surface area contributed by atoms with Gasteiger partial charge in [0.05, 0.1) is 17.8 Å². The number of carboxylic acids is 1. The number of aromatic nitrogens is 3. The summed E-state index contributed by atoms with van der Waals surface area (Å²) >= 11 is 5.84. The normalized spacial score (nSPS) is 10.3. The highest BCUT2D eigenvalue weighted by molar-refractivity contribution is 6.30. The van der Waals surface area contributed by atoms with E-state index < -0.39 is 5.97 Å². The fourth-order valence-electron chi connectivity index (χ4n) is 1.70. The zero-order valence-corrected chi connectivity index (χ0v) is 11.3. The summed E-state index contributed by atoms with van der Waals surface area (Å²) in [6.07, 6.45) is -0.295. The Bertz CT molecular complexity index is 668. The molecule has 20 heavy (non-hydrogen) atoms. The number of rotatable bonds is 4. The standard InChI is InChI=1S/C12H11ClN4O3/c1-7(18)14-8-3-2-4-9(5-8)17-10(6-11(19)20)12(13)15-16-17/h2-5H,6H2,1H3,(H,14,18)(H,19,20). The van der Waals surface area contributed by atoms with E-state index in [2.05, 4.69) is 15.6 Å². The molecule has 1 aromatic carbocycles. The number of amides is 1. The van der Waals surface area contributed by atoms with Gasteiger partial charge in [0.15, 0.2) is 5.15 Å². The number of carboxylic acid groups (broad SMARTS) is 1. The Morgan fingerprint density at radius 2 is 2.20 bits per heavy atom. The lowest BCUT2D eigenvalue weighted by molar-refractivity contribution is -0.136. The SMILES string of the molecule is CC(=O)Nc1cccc(-n2nnc(Cl)c2CC(=O)O)c1. The second-order valence-corrected chi connectivity index (χ2v) is 4.40. The Labute approximate surface area is 119 Å². The van der Waals surface area contributed by atoms with E-state index in [-0.39, 0.29) is 23.2 Å². The fourth-order valence-corrected chi connectivity index (χ4v) is 1.88. The summed E-state index contributed by atoms with van der Waals surface area (Å²) in [5.74, 6) is -1.24. The Morgan fingerprint density at radius 1 is 1.45 bits per heavy atom. The first-order valence-electron chi connectivity index (χ1n) is 5.67. The summed E-state index contributed by atoms with van der Waals surface area (Å²) < 4.78 is 1.34. The number of nitrogens with one attached hydrogen (secondary N) is 1. The van der Waals surface area contributed by atoms with Crippen molar-refractivity contribution in [2.45, 2.75) is 13.3 Å². The van der Waals surface area contributed by atoms with Crippen LogP contribution in [0.1, 0.15) is 12.6 Å². The van der Waals surface area contributed by atoms with E-state index in [1.807, 2.05) is 0 Å². The van der Waals surface area contributed by atoms with Crippen LogP contribution in [0.15, 0.2) is 24.3 Å². The van der Waals surface area contributed by atoms with Gasteiger partial charge in [-0.15, -0.1) is 5.10 Å². The molecule has 0 spiro atoms. The molecule has 0 aliphatic carbocycles. The van der Waals surface area contributed by atoms with Crippen LogP contribution in [0.5, 0.6) is 0 Å². The van der Waals surface area contributed by atoms with Gasteiger partial charge in [0.25, 0.3) is 0 Å². The van der Waals surface area contributed by atoms with Crippen molar-refractivity contribution in [3.63, 3.8) is 0 Å². The molecule has 2 N–H and O–H groups in total. The quantitative estimate of drug-likeness (QED) is 0.891.